The number of halogens is 1. The first kappa shape index (κ1) is 12.7. The van der Waals surface area contributed by atoms with E-state index in [1.807, 2.05) is 0 Å². The van der Waals surface area contributed by atoms with Crippen molar-refractivity contribution in [1.29, 1.82) is 0 Å². The Hall–Kier alpha value is -1.40. The van der Waals surface area contributed by atoms with Gasteiger partial charge in [0.05, 0.1) is 11.0 Å². The summed E-state index contributed by atoms with van der Waals surface area (Å²) in [6.45, 7) is 1.83. The molecular weight excluding hydrogens is 234 g/mol. The summed E-state index contributed by atoms with van der Waals surface area (Å²) in [6, 6.07) is 2.66. The minimum atomic E-state index is -0.606. The molecule has 1 N–H and O–H groups in total. The lowest BCUT2D eigenvalue weighted by molar-refractivity contribution is -0.384. The lowest BCUT2D eigenvalue weighted by atomic mass is 10.3. The molecule has 1 aromatic rings. The highest BCUT2D eigenvalue weighted by Crippen LogP contribution is 2.26. The number of hydrogen-bond acceptors (Lipinski definition) is 5. The van der Waals surface area contributed by atoms with Crippen molar-refractivity contribution in [3.8, 4) is 0 Å². The molecule has 0 radical (unpaired) electrons. The summed E-state index contributed by atoms with van der Waals surface area (Å²) in [5, 5.41) is 20.1. The Bertz CT molecular complexity index is 398. The number of rotatable bonds is 4. The van der Waals surface area contributed by atoms with Gasteiger partial charge in [0.2, 0.25) is 5.82 Å². The third-order valence-electron chi connectivity index (χ3n) is 1.92. The summed E-state index contributed by atoms with van der Waals surface area (Å²) in [5.74, 6) is 0.151. The molecule has 0 bridgehead atoms. The topological polar surface area (TPSA) is 79.5 Å². The highest BCUT2D eigenvalue weighted by molar-refractivity contribution is 6.29. The van der Waals surface area contributed by atoms with Gasteiger partial charge in [0.25, 0.3) is 0 Å². The molecule has 0 fully saturated rings. The average Bonchev–Trinajstić information content (AvgIpc) is 2.15. The molecule has 1 heterocycles. The number of likely N-dealkylation sites (N-methyl/N-ethyl adjacent to an activating group) is 1. The molecule has 0 amide bonds. The van der Waals surface area contributed by atoms with Crippen LogP contribution in [-0.4, -0.2) is 34.7 Å². The van der Waals surface area contributed by atoms with E-state index in [-0.39, 0.29) is 23.2 Å². The third kappa shape index (κ3) is 3.04. The molecule has 1 aromatic heterocycles. The molecule has 1 unspecified atom stereocenters. The SMILES string of the molecule is CC(O)CN(C)c1nc(Cl)ccc1[N+](=O)[O-]. The van der Waals surface area contributed by atoms with E-state index in [2.05, 4.69) is 4.98 Å². The van der Waals surface area contributed by atoms with E-state index in [1.54, 1.807) is 14.0 Å². The number of anilines is 1. The van der Waals surface area contributed by atoms with Crippen molar-refractivity contribution in [2.75, 3.05) is 18.5 Å². The molecule has 0 aliphatic carbocycles. The summed E-state index contributed by atoms with van der Waals surface area (Å²) in [4.78, 5) is 15.6. The first-order chi connectivity index (χ1) is 7.41. The van der Waals surface area contributed by atoms with E-state index in [4.69, 9.17) is 11.6 Å². The predicted molar refractivity (Wildman–Crippen MR) is 60.9 cm³/mol. The second kappa shape index (κ2) is 5.09. The molecule has 0 aliphatic rings. The summed E-state index contributed by atoms with van der Waals surface area (Å²) < 4.78 is 0. The number of aliphatic hydroxyl groups excluding tert-OH is 1. The summed E-state index contributed by atoms with van der Waals surface area (Å²) in [6.07, 6.45) is -0.606. The van der Waals surface area contributed by atoms with Gasteiger partial charge in [-0.3, -0.25) is 10.1 Å². The van der Waals surface area contributed by atoms with Crippen molar-refractivity contribution in [3.63, 3.8) is 0 Å². The van der Waals surface area contributed by atoms with E-state index in [9.17, 15) is 15.2 Å². The summed E-state index contributed by atoms with van der Waals surface area (Å²) in [7, 11) is 1.61. The maximum Gasteiger partial charge on any atom is 0.311 e. The van der Waals surface area contributed by atoms with Gasteiger partial charge in [0.15, 0.2) is 0 Å². The second-order valence-corrected chi connectivity index (χ2v) is 3.85. The molecular formula is C9H12ClN3O3. The minimum absolute atomic E-state index is 0.132. The molecule has 0 aliphatic heterocycles. The van der Waals surface area contributed by atoms with E-state index < -0.39 is 11.0 Å². The van der Waals surface area contributed by atoms with Gasteiger partial charge in [-0.2, -0.15) is 0 Å². The van der Waals surface area contributed by atoms with Gasteiger partial charge in [-0.1, -0.05) is 11.6 Å². The van der Waals surface area contributed by atoms with Gasteiger partial charge >= 0.3 is 5.69 Å². The number of nitrogens with zero attached hydrogens (tertiary/aromatic N) is 3. The van der Waals surface area contributed by atoms with Crippen LogP contribution in [0.5, 0.6) is 0 Å². The zero-order valence-corrected chi connectivity index (χ0v) is 9.68. The van der Waals surface area contributed by atoms with Crippen LogP contribution in [0.3, 0.4) is 0 Å². The average molecular weight is 246 g/mol. The van der Waals surface area contributed by atoms with Gasteiger partial charge < -0.3 is 10.0 Å². The molecule has 0 aromatic carbocycles. The molecule has 7 heteroatoms. The Labute approximate surface area is 97.6 Å². The first-order valence-electron chi connectivity index (χ1n) is 4.62. The Kier molecular flexibility index (Phi) is 4.03. The van der Waals surface area contributed by atoms with Crippen LogP contribution in [0.15, 0.2) is 12.1 Å². The number of pyridine rings is 1. The Morgan fingerprint density at radius 1 is 1.69 bits per heavy atom. The van der Waals surface area contributed by atoms with Crippen molar-refractivity contribution in [1.82, 2.24) is 4.98 Å². The summed E-state index contributed by atoms with van der Waals surface area (Å²) in [5.41, 5.74) is -0.132. The molecule has 0 saturated heterocycles. The van der Waals surface area contributed by atoms with Crippen LogP contribution < -0.4 is 4.90 Å². The number of nitro groups is 1. The maximum atomic E-state index is 10.8. The maximum absolute atomic E-state index is 10.8. The van der Waals surface area contributed by atoms with E-state index in [0.29, 0.717) is 0 Å². The van der Waals surface area contributed by atoms with Gasteiger partial charge in [-0.25, -0.2) is 4.98 Å². The zero-order chi connectivity index (χ0) is 12.3. The molecule has 1 rings (SSSR count). The second-order valence-electron chi connectivity index (χ2n) is 3.46. The number of hydrogen-bond donors (Lipinski definition) is 1. The highest BCUT2D eigenvalue weighted by Gasteiger charge is 2.19. The Morgan fingerprint density at radius 2 is 2.31 bits per heavy atom. The van der Waals surface area contributed by atoms with Crippen LogP contribution in [0, 0.1) is 10.1 Å². The van der Waals surface area contributed by atoms with Crippen molar-refractivity contribution in [3.05, 3.63) is 27.4 Å². The van der Waals surface area contributed by atoms with Crippen molar-refractivity contribution >= 4 is 23.1 Å². The molecule has 88 valence electrons. The summed E-state index contributed by atoms with van der Waals surface area (Å²) >= 11 is 5.68. The fraction of sp³-hybridized carbons (Fsp3) is 0.444. The smallest absolute Gasteiger partial charge is 0.311 e. The third-order valence-corrected chi connectivity index (χ3v) is 2.13. The van der Waals surface area contributed by atoms with Crippen LogP contribution >= 0.6 is 11.6 Å². The van der Waals surface area contributed by atoms with Crippen molar-refractivity contribution < 1.29 is 10.0 Å². The standard InChI is InChI=1S/C9H12ClN3O3/c1-6(14)5-12(2)9-7(13(15)16)3-4-8(10)11-9/h3-4,6,14H,5H2,1-2H3. The van der Waals surface area contributed by atoms with Crippen LogP contribution in [0.1, 0.15) is 6.92 Å². The molecule has 16 heavy (non-hydrogen) atoms. The lowest BCUT2D eigenvalue weighted by Gasteiger charge is -2.19. The fourth-order valence-electron chi connectivity index (χ4n) is 1.32. The predicted octanol–water partition coefficient (Wildman–Crippen LogP) is 1.46. The van der Waals surface area contributed by atoms with Crippen molar-refractivity contribution in [2.24, 2.45) is 0 Å². The Morgan fingerprint density at radius 3 is 2.81 bits per heavy atom. The van der Waals surface area contributed by atoms with Crippen LogP contribution in [0.2, 0.25) is 5.15 Å². The first-order valence-corrected chi connectivity index (χ1v) is 4.99. The molecule has 1 atom stereocenters. The molecule has 6 nitrogen and oxygen atoms in total. The lowest BCUT2D eigenvalue weighted by Crippen LogP contribution is -2.28. The molecule has 0 spiro atoms. The Balaban J connectivity index is 3.09. The highest BCUT2D eigenvalue weighted by atomic mass is 35.5. The van der Waals surface area contributed by atoms with Crippen LogP contribution in [0.4, 0.5) is 11.5 Å². The van der Waals surface area contributed by atoms with Gasteiger partial charge in [-0.05, 0) is 13.0 Å². The van der Waals surface area contributed by atoms with Gasteiger partial charge in [0, 0.05) is 19.7 Å². The monoisotopic (exact) mass is 245 g/mol. The van der Waals surface area contributed by atoms with E-state index in [1.165, 1.54) is 17.0 Å². The normalized spacial score (nSPS) is 12.2. The van der Waals surface area contributed by atoms with Crippen LogP contribution in [0.25, 0.3) is 0 Å². The van der Waals surface area contributed by atoms with Crippen molar-refractivity contribution in [2.45, 2.75) is 13.0 Å². The zero-order valence-electron chi connectivity index (χ0n) is 8.92. The van der Waals surface area contributed by atoms with E-state index >= 15 is 0 Å². The van der Waals surface area contributed by atoms with Gasteiger partial charge in [0.1, 0.15) is 5.15 Å². The van der Waals surface area contributed by atoms with Crippen LogP contribution in [-0.2, 0) is 0 Å². The van der Waals surface area contributed by atoms with Gasteiger partial charge in [-0.15, -0.1) is 0 Å². The molecule has 0 saturated carbocycles. The number of aromatic nitrogens is 1. The fourth-order valence-corrected chi connectivity index (χ4v) is 1.47. The van der Waals surface area contributed by atoms with E-state index in [0.717, 1.165) is 0 Å². The quantitative estimate of drug-likeness (QED) is 0.494. The number of aliphatic hydroxyl groups is 1. The largest absolute Gasteiger partial charge is 0.392 e. The minimum Gasteiger partial charge on any atom is -0.392 e.